The van der Waals surface area contributed by atoms with Gasteiger partial charge in [0.25, 0.3) is 5.92 Å². The Hall–Kier alpha value is -1.16. The molecule has 4 heteroatoms. The molecule has 0 saturated carbocycles. The number of benzene rings is 1. The van der Waals surface area contributed by atoms with Crippen LogP contribution in [0.1, 0.15) is 18.9 Å². The minimum Gasteiger partial charge on any atom is -0.508 e. The number of nitrogens with two attached hydrogens (primary N) is 1. The van der Waals surface area contributed by atoms with Crippen LogP contribution in [0.25, 0.3) is 0 Å². The van der Waals surface area contributed by atoms with Crippen molar-refractivity contribution in [2.75, 3.05) is 0 Å². The van der Waals surface area contributed by atoms with Gasteiger partial charge in [0.05, 0.1) is 0 Å². The van der Waals surface area contributed by atoms with E-state index in [1.54, 1.807) is 0 Å². The number of hydrogen-bond acceptors (Lipinski definition) is 2. The highest BCUT2D eigenvalue weighted by atomic mass is 19.3. The molecular formula is C10H13F2NO. The van der Waals surface area contributed by atoms with E-state index >= 15 is 0 Å². The molecule has 0 aromatic heterocycles. The van der Waals surface area contributed by atoms with Crippen molar-refractivity contribution in [3.8, 4) is 5.75 Å². The second-order valence-electron chi connectivity index (χ2n) is 3.43. The molecule has 1 aromatic rings. The Kier molecular flexibility index (Phi) is 3.06. The molecule has 0 saturated heterocycles. The maximum atomic E-state index is 13.4. The summed E-state index contributed by atoms with van der Waals surface area (Å²) >= 11 is 0. The number of rotatable bonds is 3. The number of aromatic hydroxyl groups is 1. The smallest absolute Gasteiger partial charge is 0.274 e. The van der Waals surface area contributed by atoms with Crippen molar-refractivity contribution in [1.82, 2.24) is 0 Å². The Morgan fingerprint density at radius 2 is 1.86 bits per heavy atom. The lowest BCUT2D eigenvalue weighted by Crippen LogP contribution is -2.26. The summed E-state index contributed by atoms with van der Waals surface area (Å²) in [7, 11) is 0. The van der Waals surface area contributed by atoms with Gasteiger partial charge in [0.15, 0.2) is 0 Å². The van der Waals surface area contributed by atoms with Gasteiger partial charge in [-0.2, -0.15) is 0 Å². The van der Waals surface area contributed by atoms with Crippen molar-refractivity contribution >= 4 is 0 Å². The van der Waals surface area contributed by atoms with E-state index < -0.39 is 18.4 Å². The summed E-state index contributed by atoms with van der Waals surface area (Å²) in [5, 5.41) is 8.93. The van der Waals surface area contributed by atoms with Crippen molar-refractivity contribution in [3.05, 3.63) is 29.8 Å². The first-order chi connectivity index (χ1) is 6.42. The molecule has 0 aliphatic carbocycles. The third-order valence-electron chi connectivity index (χ3n) is 1.87. The van der Waals surface area contributed by atoms with Gasteiger partial charge >= 0.3 is 0 Å². The van der Waals surface area contributed by atoms with Gasteiger partial charge in [-0.3, -0.25) is 0 Å². The van der Waals surface area contributed by atoms with E-state index in [0.717, 1.165) is 0 Å². The Balaban J connectivity index is 2.86. The highest BCUT2D eigenvalue weighted by Crippen LogP contribution is 2.33. The van der Waals surface area contributed by atoms with Gasteiger partial charge in [-0.15, -0.1) is 0 Å². The average molecular weight is 201 g/mol. The molecule has 0 aliphatic heterocycles. The predicted octanol–water partition coefficient (Wildman–Crippen LogP) is 2.22. The van der Waals surface area contributed by atoms with Crippen molar-refractivity contribution in [1.29, 1.82) is 0 Å². The van der Waals surface area contributed by atoms with E-state index in [1.807, 2.05) is 0 Å². The van der Waals surface area contributed by atoms with Gasteiger partial charge < -0.3 is 10.8 Å². The molecule has 2 nitrogen and oxygen atoms in total. The van der Waals surface area contributed by atoms with Gasteiger partial charge in [0.2, 0.25) is 0 Å². The van der Waals surface area contributed by atoms with Crippen LogP contribution in [0.2, 0.25) is 0 Å². The summed E-state index contributed by atoms with van der Waals surface area (Å²) in [6.45, 7) is 1.54. The van der Waals surface area contributed by atoms with E-state index in [2.05, 4.69) is 0 Å². The second-order valence-corrected chi connectivity index (χ2v) is 3.43. The van der Waals surface area contributed by atoms with E-state index in [9.17, 15) is 8.78 Å². The fourth-order valence-electron chi connectivity index (χ4n) is 1.23. The van der Waals surface area contributed by atoms with Crippen molar-refractivity contribution in [3.63, 3.8) is 0 Å². The summed E-state index contributed by atoms with van der Waals surface area (Å²) in [6.07, 6.45) is -0.391. The zero-order chi connectivity index (χ0) is 10.8. The number of phenols is 1. The molecule has 1 rings (SSSR count). The zero-order valence-corrected chi connectivity index (χ0v) is 7.87. The van der Waals surface area contributed by atoms with E-state index in [4.69, 9.17) is 10.8 Å². The third kappa shape index (κ3) is 2.67. The number of hydrogen-bond donors (Lipinski definition) is 2. The maximum Gasteiger partial charge on any atom is 0.274 e. The SMILES string of the molecule is CC(N)CC(F)(F)c1ccc(O)cc1. The van der Waals surface area contributed by atoms with Gasteiger partial charge in [-0.05, 0) is 31.2 Å². The quantitative estimate of drug-likeness (QED) is 0.787. The van der Waals surface area contributed by atoms with Gasteiger partial charge in [0, 0.05) is 18.0 Å². The molecular weight excluding hydrogens is 188 g/mol. The van der Waals surface area contributed by atoms with Crippen LogP contribution in [0, 0.1) is 0 Å². The lowest BCUT2D eigenvalue weighted by molar-refractivity contribution is -0.0181. The largest absolute Gasteiger partial charge is 0.508 e. The van der Waals surface area contributed by atoms with Crippen LogP contribution >= 0.6 is 0 Å². The molecule has 0 amide bonds. The first-order valence-corrected chi connectivity index (χ1v) is 4.35. The fraction of sp³-hybridized carbons (Fsp3) is 0.400. The molecule has 0 radical (unpaired) electrons. The number of halogens is 2. The van der Waals surface area contributed by atoms with Crippen LogP contribution in [0.3, 0.4) is 0 Å². The minimum absolute atomic E-state index is 0.0228. The van der Waals surface area contributed by atoms with E-state index in [-0.39, 0.29) is 11.3 Å². The van der Waals surface area contributed by atoms with Crippen molar-refractivity contribution < 1.29 is 13.9 Å². The van der Waals surface area contributed by atoms with Gasteiger partial charge in [-0.25, -0.2) is 8.78 Å². The lowest BCUT2D eigenvalue weighted by Gasteiger charge is -2.18. The third-order valence-corrected chi connectivity index (χ3v) is 1.87. The molecule has 78 valence electrons. The van der Waals surface area contributed by atoms with Crippen molar-refractivity contribution in [2.45, 2.75) is 25.3 Å². The van der Waals surface area contributed by atoms with Crippen LogP contribution in [-0.2, 0) is 5.92 Å². The van der Waals surface area contributed by atoms with E-state index in [0.29, 0.717) is 0 Å². The molecule has 0 spiro atoms. The molecule has 0 aliphatic rings. The standard InChI is InChI=1S/C10H13F2NO/c1-7(13)6-10(11,12)8-2-4-9(14)5-3-8/h2-5,7,14H,6,13H2,1H3. The molecule has 0 heterocycles. The molecule has 1 atom stereocenters. The lowest BCUT2D eigenvalue weighted by atomic mass is 10.0. The zero-order valence-electron chi connectivity index (χ0n) is 7.87. The van der Waals surface area contributed by atoms with Crippen LogP contribution in [-0.4, -0.2) is 11.1 Å². The normalized spacial score (nSPS) is 14.0. The molecule has 1 aromatic carbocycles. The maximum absolute atomic E-state index is 13.4. The number of phenolic OH excluding ortho intramolecular Hbond substituents is 1. The monoisotopic (exact) mass is 201 g/mol. The second kappa shape index (κ2) is 3.92. The summed E-state index contributed by atoms with van der Waals surface area (Å²) in [5.41, 5.74) is 5.20. The van der Waals surface area contributed by atoms with E-state index in [1.165, 1.54) is 31.2 Å². The Labute approximate surface area is 81.4 Å². The van der Waals surface area contributed by atoms with Crippen LogP contribution in [0.5, 0.6) is 5.75 Å². The van der Waals surface area contributed by atoms with Crippen LogP contribution < -0.4 is 5.73 Å². The van der Waals surface area contributed by atoms with Gasteiger partial charge in [0.1, 0.15) is 5.75 Å². The van der Waals surface area contributed by atoms with Crippen LogP contribution in [0.15, 0.2) is 24.3 Å². The Morgan fingerprint density at radius 3 is 2.29 bits per heavy atom. The highest BCUT2D eigenvalue weighted by molar-refractivity contribution is 5.28. The minimum atomic E-state index is -2.93. The fourth-order valence-corrected chi connectivity index (χ4v) is 1.23. The first-order valence-electron chi connectivity index (χ1n) is 4.35. The first kappa shape index (κ1) is 10.9. The molecule has 14 heavy (non-hydrogen) atoms. The summed E-state index contributed by atoms with van der Waals surface area (Å²) in [4.78, 5) is 0. The summed E-state index contributed by atoms with van der Waals surface area (Å²) < 4.78 is 26.8. The average Bonchev–Trinajstić information content (AvgIpc) is 2.02. The highest BCUT2D eigenvalue weighted by Gasteiger charge is 2.32. The molecule has 0 bridgehead atoms. The summed E-state index contributed by atoms with van der Waals surface area (Å²) in [5.74, 6) is -2.95. The predicted molar refractivity (Wildman–Crippen MR) is 50.3 cm³/mol. The van der Waals surface area contributed by atoms with Gasteiger partial charge in [-0.1, -0.05) is 0 Å². The Morgan fingerprint density at radius 1 is 1.36 bits per heavy atom. The molecule has 3 N–H and O–H groups in total. The molecule has 1 unspecified atom stereocenters. The summed E-state index contributed by atoms with van der Waals surface area (Å²) in [6, 6.07) is 4.34. The topological polar surface area (TPSA) is 46.2 Å². The number of alkyl halides is 2. The van der Waals surface area contributed by atoms with Crippen LogP contribution in [0.4, 0.5) is 8.78 Å². The Bertz CT molecular complexity index is 295. The molecule has 0 fully saturated rings. The van der Waals surface area contributed by atoms with Crippen molar-refractivity contribution in [2.24, 2.45) is 5.73 Å².